The summed E-state index contributed by atoms with van der Waals surface area (Å²) in [5, 5.41) is 28.6. The number of aryl methyl sites for hydroxylation is 2. The van der Waals surface area contributed by atoms with Gasteiger partial charge >= 0.3 is 6.09 Å². The number of Topliss-reactive ketones (excluding diaryl/α,β-unsaturated/α-hetero) is 1. The van der Waals surface area contributed by atoms with Crippen molar-refractivity contribution in [3.63, 3.8) is 0 Å². The first kappa shape index (κ1) is 60.9. The lowest BCUT2D eigenvalue weighted by Crippen LogP contribution is -2.50. The molecule has 3 aliphatic rings. The van der Waals surface area contributed by atoms with E-state index in [2.05, 4.69) is 15.6 Å². The maximum atomic E-state index is 15.7. The standard InChI is InChI=1S/C61H57N13O9S6/c1-29-12-14-32(15-13-29)20-38-60(81)74-23-45(83-61(82)73-18-8-5-9-19-73)30(2)49(74)59-71-43(28-88-59)57-67-39(24-86-57)48-34(16-17-36(64-48)56-68-40(25-87-56)51(63)78)54-69-41(26-84-54)52(79)65-37(22-46(62)76)58-72-47(31(3)89-58)44(75)21-35(50(77)33-10-6-4-7-11-33)55-70-42(27-85-55)53(80)66-38/h4,6-7,10-17,24-28,30,35,37-38,45,49-50,77H,5,8-9,18-23H2,1-3H3,(H2,62,76)(H2,63,78)(H,65,79)(H,66,80)/t30-,35-,37-,38-,45-,49-,50+/m0/s1. The van der Waals surface area contributed by atoms with Crippen molar-refractivity contribution in [2.24, 2.45) is 17.4 Å². The highest BCUT2D eigenvalue weighted by atomic mass is 32.1. The lowest BCUT2D eigenvalue weighted by molar-refractivity contribution is -0.134. The molecule has 2 fully saturated rings. The van der Waals surface area contributed by atoms with Crippen molar-refractivity contribution in [2.45, 2.75) is 95.5 Å². The highest BCUT2D eigenvalue weighted by molar-refractivity contribution is 7.15. The van der Waals surface area contributed by atoms with Gasteiger partial charge < -0.3 is 41.7 Å². The maximum Gasteiger partial charge on any atom is 0.410 e. The normalized spacial score (nSPS) is 20.3. The molecule has 10 bridgehead atoms. The second-order valence-electron chi connectivity index (χ2n) is 21.9. The van der Waals surface area contributed by atoms with Gasteiger partial charge in [-0.05, 0) is 56.4 Å². The summed E-state index contributed by atoms with van der Waals surface area (Å²) >= 11 is 7.12. The van der Waals surface area contributed by atoms with E-state index in [0.717, 1.165) is 64.4 Å². The first-order valence-electron chi connectivity index (χ1n) is 28.5. The number of aliphatic hydroxyl groups is 1. The smallest absolute Gasteiger partial charge is 0.410 e. The molecule has 0 spiro atoms. The van der Waals surface area contributed by atoms with Crippen LogP contribution >= 0.6 is 68.0 Å². The monoisotopic (exact) mass is 1310 g/mol. The van der Waals surface area contributed by atoms with E-state index in [9.17, 15) is 33.9 Å². The van der Waals surface area contributed by atoms with Crippen LogP contribution in [0.4, 0.5) is 4.79 Å². The number of aliphatic hydroxyl groups excluding tert-OH is 1. The number of hydrogen-bond acceptors (Lipinski definition) is 22. The van der Waals surface area contributed by atoms with Crippen LogP contribution in [0.25, 0.3) is 43.4 Å². The molecule has 7 atom stereocenters. The molecule has 3 aliphatic heterocycles. The summed E-state index contributed by atoms with van der Waals surface area (Å²) < 4.78 is 6.32. The summed E-state index contributed by atoms with van der Waals surface area (Å²) in [6, 6.07) is 16.9. The number of primary amides is 2. The van der Waals surface area contributed by atoms with Gasteiger partial charge in [-0.15, -0.1) is 68.0 Å². The minimum absolute atomic E-state index is 0.00379. The van der Waals surface area contributed by atoms with Crippen LogP contribution in [-0.4, -0.2) is 123 Å². The molecule has 7 N–H and O–H groups in total. The number of ketones is 1. The fourth-order valence-electron chi connectivity index (χ4n) is 11.1. The van der Waals surface area contributed by atoms with E-state index >= 15 is 4.79 Å². The van der Waals surface area contributed by atoms with E-state index in [1.807, 2.05) is 48.9 Å². The fourth-order valence-corrected chi connectivity index (χ4v) is 16.5. The fraction of sp³-hybridized carbons (Fsp3) is 0.311. The number of fused-ring (bicyclic) bond motifs is 16. The van der Waals surface area contributed by atoms with Gasteiger partial charge in [0.05, 0.1) is 41.9 Å². The molecule has 7 aromatic heterocycles. The lowest BCUT2D eigenvalue weighted by Gasteiger charge is -2.29. The van der Waals surface area contributed by atoms with Gasteiger partial charge in [0.1, 0.15) is 77.0 Å². The van der Waals surface area contributed by atoms with Gasteiger partial charge in [-0.25, -0.2) is 39.7 Å². The topological polar surface area (TPSA) is 322 Å². The molecular weight excluding hydrogens is 1250 g/mol. The van der Waals surface area contributed by atoms with Crippen LogP contribution in [0.1, 0.15) is 142 Å². The SMILES string of the molecule is Cc1ccc(C[C@@H]2NC(=O)c3csc(n3)[C@H]([C@H](O)c3ccccc3)CC(=O)c3nc(sc3C)[C@H](CC(N)=O)NC(=O)c3csc(n3)-c3ccc(-c4nc(C(N)=O)cs4)nc3-c3csc(n3)-c3csc(n3)[C@@H]3[C@@H](C)[C@@H](OC(=O)N4CCCCC4)CN3C2=O)cc1. The Labute approximate surface area is 533 Å². The van der Waals surface area contributed by atoms with E-state index in [-0.39, 0.29) is 58.6 Å². The van der Waals surface area contributed by atoms with Gasteiger partial charge in [-0.2, -0.15) is 0 Å². The van der Waals surface area contributed by atoms with Crippen molar-refractivity contribution in [1.82, 2.24) is 55.3 Å². The van der Waals surface area contributed by atoms with Crippen LogP contribution in [0.5, 0.6) is 0 Å². The number of aromatic nitrogens is 7. The van der Waals surface area contributed by atoms with E-state index in [1.165, 1.54) is 39.4 Å². The van der Waals surface area contributed by atoms with E-state index in [4.69, 9.17) is 46.1 Å². The van der Waals surface area contributed by atoms with Crippen molar-refractivity contribution in [2.75, 3.05) is 19.6 Å². The van der Waals surface area contributed by atoms with Gasteiger partial charge in [0.2, 0.25) is 11.8 Å². The van der Waals surface area contributed by atoms with Crippen LogP contribution in [-0.2, 0) is 20.7 Å². The van der Waals surface area contributed by atoms with Crippen molar-refractivity contribution >= 4 is 109 Å². The number of rotatable bonds is 9. The highest BCUT2D eigenvalue weighted by Crippen LogP contribution is 2.44. The molecular formula is C61H57N13O9S6. The zero-order valence-corrected chi connectivity index (χ0v) is 52.9. The first-order valence-corrected chi connectivity index (χ1v) is 33.7. The number of ether oxygens (including phenoxy) is 1. The zero-order valence-electron chi connectivity index (χ0n) is 48.0. The highest BCUT2D eigenvalue weighted by Gasteiger charge is 2.48. The number of nitrogens with zero attached hydrogens (tertiary/aromatic N) is 9. The number of hydrogen-bond donors (Lipinski definition) is 5. The Bertz CT molecular complexity index is 4170. The van der Waals surface area contributed by atoms with Crippen molar-refractivity contribution in [3.8, 4) is 43.4 Å². The molecule has 10 heterocycles. The number of piperidine rings is 1. The number of amides is 6. The van der Waals surface area contributed by atoms with Crippen LogP contribution in [0.2, 0.25) is 0 Å². The van der Waals surface area contributed by atoms with Crippen LogP contribution in [0.15, 0.2) is 93.6 Å². The lowest BCUT2D eigenvalue weighted by atomic mass is 9.90. The Morgan fingerprint density at radius 3 is 2.07 bits per heavy atom. The second-order valence-corrected chi connectivity index (χ2v) is 27.5. The molecule has 89 heavy (non-hydrogen) atoms. The van der Waals surface area contributed by atoms with Gasteiger partial charge in [-0.1, -0.05) is 67.1 Å². The molecule has 0 aliphatic carbocycles. The van der Waals surface area contributed by atoms with Crippen LogP contribution in [0.3, 0.4) is 0 Å². The number of carbonyl (C=O) groups excluding carboxylic acids is 7. The minimum Gasteiger partial charge on any atom is -0.444 e. The Morgan fingerprint density at radius 1 is 0.674 bits per heavy atom. The summed E-state index contributed by atoms with van der Waals surface area (Å²) in [5.41, 5.74) is 15.8. The van der Waals surface area contributed by atoms with Crippen molar-refractivity contribution in [1.29, 1.82) is 0 Å². The Morgan fingerprint density at radius 2 is 1.33 bits per heavy atom. The van der Waals surface area contributed by atoms with Crippen molar-refractivity contribution in [3.05, 3.63) is 153 Å². The quantitative estimate of drug-likeness (QED) is 0.0898. The Kier molecular flexibility index (Phi) is 17.8. The second kappa shape index (κ2) is 26.0. The van der Waals surface area contributed by atoms with Crippen LogP contribution < -0.4 is 22.1 Å². The number of nitrogens with one attached hydrogen (secondary N) is 2. The summed E-state index contributed by atoms with van der Waals surface area (Å²) in [6.45, 7) is 6.66. The number of nitrogens with two attached hydrogens (primary N) is 2. The first-order chi connectivity index (χ1) is 42.9. The molecule has 456 valence electrons. The average molecular weight is 1310 g/mol. The van der Waals surface area contributed by atoms with E-state index in [1.54, 1.807) is 69.9 Å². The average Bonchev–Trinajstić information content (AvgIpc) is 1.90. The molecule has 0 unspecified atom stereocenters. The molecule has 28 heteroatoms. The summed E-state index contributed by atoms with van der Waals surface area (Å²) in [4.78, 5) is 136. The Balaban J connectivity index is 0.973. The number of thiazole rings is 6. The molecule has 22 nitrogen and oxygen atoms in total. The van der Waals surface area contributed by atoms with Crippen molar-refractivity contribution < 1.29 is 43.4 Å². The Hall–Kier alpha value is -8.38. The third-order valence-electron chi connectivity index (χ3n) is 15.8. The molecule has 2 saturated heterocycles. The van der Waals surface area contributed by atoms with Gasteiger partial charge in [-0.3, -0.25) is 28.8 Å². The third kappa shape index (κ3) is 13.1. The maximum absolute atomic E-state index is 15.7. The molecule has 6 amide bonds. The number of carbonyl (C=O) groups is 7. The molecule has 2 aromatic carbocycles. The third-order valence-corrected chi connectivity index (χ3v) is 21.4. The van der Waals surface area contributed by atoms with Gasteiger partial charge in [0.15, 0.2) is 5.78 Å². The van der Waals surface area contributed by atoms with Crippen LogP contribution in [0, 0.1) is 19.8 Å². The minimum atomic E-state index is -1.29. The summed E-state index contributed by atoms with van der Waals surface area (Å²) in [7, 11) is 0. The molecule has 0 radical (unpaired) electrons. The molecule has 12 rings (SSSR count). The summed E-state index contributed by atoms with van der Waals surface area (Å²) in [6.07, 6.45) is -0.447. The number of benzene rings is 2. The van der Waals surface area contributed by atoms with Gasteiger partial charge in [0.25, 0.3) is 17.7 Å². The number of pyridine rings is 1. The van der Waals surface area contributed by atoms with E-state index in [0.29, 0.717) is 71.9 Å². The number of likely N-dealkylation sites (tertiary alicyclic amines) is 1. The summed E-state index contributed by atoms with van der Waals surface area (Å²) in [5.74, 6) is -5.23. The predicted octanol–water partition coefficient (Wildman–Crippen LogP) is 9.51. The predicted molar refractivity (Wildman–Crippen MR) is 339 cm³/mol. The van der Waals surface area contributed by atoms with E-state index < -0.39 is 83.6 Å². The van der Waals surface area contributed by atoms with Gasteiger partial charge in [0, 0.05) is 75.1 Å². The zero-order chi connectivity index (χ0) is 62.2. The molecule has 0 saturated carbocycles. The largest absolute Gasteiger partial charge is 0.444 e. The molecule has 9 aromatic rings.